The Balaban J connectivity index is 1.39. The normalized spacial score (nSPS) is 13.6. The first-order chi connectivity index (χ1) is 13.8. The number of rotatable bonds is 6. The summed E-state index contributed by atoms with van der Waals surface area (Å²) in [5.74, 6) is 1.34. The minimum atomic E-state index is -0.0305. The predicted octanol–water partition coefficient (Wildman–Crippen LogP) is 4.89. The van der Waals surface area contributed by atoms with E-state index in [1.807, 2.05) is 42.5 Å². The van der Waals surface area contributed by atoms with Crippen LogP contribution in [-0.4, -0.2) is 26.4 Å². The number of fused-ring (bicyclic) bond motifs is 1. The van der Waals surface area contributed by atoms with Gasteiger partial charge in [0, 0.05) is 22.8 Å². The van der Waals surface area contributed by atoms with Gasteiger partial charge in [-0.2, -0.15) is 0 Å². The van der Waals surface area contributed by atoms with E-state index in [0.717, 1.165) is 45.8 Å². The molecule has 144 valence electrons. The standard InChI is InChI=1S/C21H22N4OS2/c26-20(15-27-21-24-23-19-13-5-2-8-14-25(19)21)22-17-11-6-7-12-18(17)28-16-9-3-1-4-10-16/h1,3-4,6-7,9-12H,2,5,8,13-15H2,(H,22,26). The summed E-state index contributed by atoms with van der Waals surface area (Å²) in [6.45, 7) is 0.947. The first kappa shape index (κ1) is 19.1. The summed E-state index contributed by atoms with van der Waals surface area (Å²) in [6, 6.07) is 18.1. The molecule has 0 fully saturated rings. The highest BCUT2D eigenvalue weighted by atomic mass is 32.2. The van der Waals surface area contributed by atoms with Crippen molar-refractivity contribution in [3.8, 4) is 0 Å². The number of aryl methyl sites for hydroxylation is 1. The molecular formula is C21H22N4OS2. The van der Waals surface area contributed by atoms with E-state index >= 15 is 0 Å². The van der Waals surface area contributed by atoms with Gasteiger partial charge in [0.25, 0.3) is 0 Å². The Kier molecular flexibility index (Phi) is 6.34. The third-order valence-corrected chi connectivity index (χ3v) is 6.59. The summed E-state index contributed by atoms with van der Waals surface area (Å²) in [5, 5.41) is 12.5. The third-order valence-electron chi connectivity index (χ3n) is 4.54. The van der Waals surface area contributed by atoms with Gasteiger partial charge in [0.05, 0.1) is 11.4 Å². The molecule has 3 aromatic rings. The van der Waals surface area contributed by atoms with Gasteiger partial charge in [0.15, 0.2) is 5.16 Å². The van der Waals surface area contributed by atoms with Crippen LogP contribution in [0.3, 0.4) is 0 Å². The average Bonchev–Trinajstić information content (AvgIpc) is 2.95. The molecule has 0 unspecified atom stereocenters. The Morgan fingerprint density at radius 3 is 2.71 bits per heavy atom. The number of anilines is 1. The van der Waals surface area contributed by atoms with Gasteiger partial charge in [0.2, 0.25) is 5.91 Å². The molecule has 0 aliphatic carbocycles. The summed E-state index contributed by atoms with van der Waals surface area (Å²) in [6.07, 6.45) is 4.52. The van der Waals surface area contributed by atoms with Gasteiger partial charge >= 0.3 is 0 Å². The maximum absolute atomic E-state index is 12.5. The lowest BCUT2D eigenvalue weighted by Gasteiger charge is -2.11. The van der Waals surface area contributed by atoms with Gasteiger partial charge in [-0.05, 0) is 37.1 Å². The zero-order chi connectivity index (χ0) is 19.2. The predicted molar refractivity (Wildman–Crippen MR) is 114 cm³/mol. The van der Waals surface area contributed by atoms with Crippen molar-refractivity contribution in [3.63, 3.8) is 0 Å². The van der Waals surface area contributed by atoms with Crippen LogP contribution in [0.2, 0.25) is 0 Å². The molecule has 0 saturated heterocycles. The van der Waals surface area contributed by atoms with E-state index in [9.17, 15) is 4.79 Å². The fourth-order valence-electron chi connectivity index (χ4n) is 3.16. The highest BCUT2D eigenvalue weighted by Gasteiger charge is 2.16. The number of carbonyl (C=O) groups is 1. The van der Waals surface area contributed by atoms with Gasteiger partial charge in [-0.3, -0.25) is 4.79 Å². The molecule has 2 aromatic carbocycles. The van der Waals surface area contributed by atoms with Crippen molar-refractivity contribution in [3.05, 3.63) is 60.4 Å². The monoisotopic (exact) mass is 410 g/mol. The van der Waals surface area contributed by atoms with E-state index in [4.69, 9.17) is 0 Å². The van der Waals surface area contributed by atoms with Crippen LogP contribution >= 0.6 is 23.5 Å². The first-order valence-corrected chi connectivity index (χ1v) is 11.3. The molecule has 0 saturated carbocycles. The molecule has 0 spiro atoms. The van der Waals surface area contributed by atoms with Gasteiger partial charge in [-0.1, -0.05) is 60.3 Å². The largest absolute Gasteiger partial charge is 0.324 e. The van der Waals surface area contributed by atoms with Crippen molar-refractivity contribution in [1.29, 1.82) is 0 Å². The molecule has 1 aliphatic rings. The Hall–Kier alpha value is -2.25. The molecule has 0 radical (unpaired) electrons. The van der Waals surface area contributed by atoms with E-state index in [1.54, 1.807) is 11.8 Å². The maximum atomic E-state index is 12.5. The lowest BCUT2D eigenvalue weighted by atomic mass is 10.2. The molecule has 1 amide bonds. The van der Waals surface area contributed by atoms with Crippen LogP contribution in [0.15, 0.2) is 69.5 Å². The van der Waals surface area contributed by atoms with Gasteiger partial charge in [0.1, 0.15) is 5.82 Å². The average molecular weight is 411 g/mol. The number of amides is 1. The minimum absolute atomic E-state index is 0.0305. The van der Waals surface area contributed by atoms with E-state index in [0.29, 0.717) is 5.75 Å². The van der Waals surface area contributed by atoms with Crippen LogP contribution in [-0.2, 0) is 17.8 Å². The fraction of sp³-hybridized carbons (Fsp3) is 0.286. The van der Waals surface area contributed by atoms with Gasteiger partial charge < -0.3 is 9.88 Å². The summed E-state index contributed by atoms with van der Waals surface area (Å²) in [5.41, 5.74) is 0.835. The summed E-state index contributed by atoms with van der Waals surface area (Å²) >= 11 is 3.10. The second-order valence-electron chi connectivity index (χ2n) is 6.61. The molecule has 1 N–H and O–H groups in total. The highest BCUT2D eigenvalue weighted by molar-refractivity contribution is 8.00. The minimum Gasteiger partial charge on any atom is -0.324 e. The summed E-state index contributed by atoms with van der Waals surface area (Å²) < 4.78 is 2.17. The van der Waals surface area contributed by atoms with Crippen molar-refractivity contribution < 1.29 is 4.79 Å². The molecule has 1 aliphatic heterocycles. The molecular weight excluding hydrogens is 388 g/mol. The van der Waals surface area contributed by atoms with Crippen molar-refractivity contribution in [2.24, 2.45) is 0 Å². The molecule has 4 rings (SSSR count). The molecule has 28 heavy (non-hydrogen) atoms. The van der Waals surface area contributed by atoms with Crippen molar-refractivity contribution in [2.45, 2.75) is 47.2 Å². The van der Waals surface area contributed by atoms with Crippen LogP contribution in [0.5, 0.6) is 0 Å². The number of thioether (sulfide) groups is 1. The second kappa shape index (κ2) is 9.30. The van der Waals surface area contributed by atoms with Crippen molar-refractivity contribution in [1.82, 2.24) is 14.8 Å². The number of hydrogen-bond acceptors (Lipinski definition) is 5. The number of nitrogens with zero attached hydrogens (tertiary/aromatic N) is 3. The summed E-state index contributed by atoms with van der Waals surface area (Å²) in [7, 11) is 0. The zero-order valence-corrected chi connectivity index (χ0v) is 17.1. The molecule has 0 atom stereocenters. The number of benzene rings is 2. The van der Waals surface area contributed by atoms with E-state index in [1.165, 1.54) is 24.6 Å². The molecule has 0 bridgehead atoms. The number of nitrogens with one attached hydrogen (secondary N) is 1. The van der Waals surface area contributed by atoms with E-state index in [2.05, 4.69) is 32.2 Å². The third kappa shape index (κ3) is 4.77. The smallest absolute Gasteiger partial charge is 0.234 e. The van der Waals surface area contributed by atoms with Crippen LogP contribution < -0.4 is 5.32 Å². The maximum Gasteiger partial charge on any atom is 0.234 e. The highest BCUT2D eigenvalue weighted by Crippen LogP contribution is 2.33. The van der Waals surface area contributed by atoms with E-state index < -0.39 is 0 Å². The number of aromatic nitrogens is 3. The SMILES string of the molecule is O=C(CSc1nnc2n1CCCCC2)Nc1ccccc1Sc1ccccc1. The number of carbonyl (C=O) groups excluding carboxylic acids is 1. The topological polar surface area (TPSA) is 59.8 Å². The van der Waals surface area contributed by atoms with Gasteiger partial charge in [-0.25, -0.2) is 0 Å². The zero-order valence-electron chi connectivity index (χ0n) is 15.5. The lowest BCUT2D eigenvalue weighted by molar-refractivity contribution is -0.113. The Labute approximate surface area is 173 Å². The van der Waals surface area contributed by atoms with Crippen LogP contribution in [0.4, 0.5) is 5.69 Å². The molecule has 5 nitrogen and oxygen atoms in total. The van der Waals surface area contributed by atoms with Crippen LogP contribution in [0, 0.1) is 0 Å². The molecule has 2 heterocycles. The lowest BCUT2D eigenvalue weighted by Crippen LogP contribution is -2.15. The second-order valence-corrected chi connectivity index (χ2v) is 8.67. The number of hydrogen-bond donors (Lipinski definition) is 1. The molecule has 7 heteroatoms. The quantitative estimate of drug-likeness (QED) is 0.587. The fourth-order valence-corrected chi connectivity index (χ4v) is 4.86. The van der Waals surface area contributed by atoms with Crippen molar-refractivity contribution >= 4 is 35.1 Å². The van der Waals surface area contributed by atoms with Crippen molar-refractivity contribution in [2.75, 3.05) is 11.1 Å². The Morgan fingerprint density at radius 1 is 1.00 bits per heavy atom. The van der Waals surface area contributed by atoms with Crippen LogP contribution in [0.25, 0.3) is 0 Å². The van der Waals surface area contributed by atoms with Crippen LogP contribution in [0.1, 0.15) is 25.1 Å². The summed E-state index contributed by atoms with van der Waals surface area (Å²) in [4.78, 5) is 14.7. The van der Waals surface area contributed by atoms with Gasteiger partial charge in [-0.15, -0.1) is 10.2 Å². The first-order valence-electron chi connectivity index (χ1n) is 9.46. The number of para-hydroxylation sites is 1. The molecule has 1 aromatic heterocycles. The Bertz CT molecular complexity index is 943. The van der Waals surface area contributed by atoms with E-state index in [-0.39, 0.29) is 5.91 Å². The Morgan fingerprint density at radius 2 is 1.82 bits per heavy atom.